The average molecular weight is 311 g/mol. The van der Waals surface area contributed by atoms with E-state index in [1.807, 2.05) is 20.9 Å². The number of rotatable bonds is 5. The monoisotopic (exact) mass is 311 g/mol. The van der Waals surface area contributed by atoms with E-state index in [4.69, 9.17) is 0 Å². The molecule has 21 heavy (non-hydrogen) atoms. The summed E-state index contributed by atoms with van der Waals surface area (Å²) < 4.78 is 31.0. The Kier molecular flexibility index (Phi) is 4.20. The maximum atomic E-state index is 12.5. The standard InChI is InChI=1S/C13H21N5O2S/c1-6-18-8-13(10(3)15-18)21(19,20)16-9(2)12-7-14-17(5)11(12)4/h7-9,16H,6H2,1-5H3. The second kappa shape index (κ2) is 5.61. The molecule has 0 spiro atoms. The lowest BCUT2D eigenvalue weighted by Gasteiger charge is -2.13. The van der Waals surface area contributed by atoms with Gasteiger partial charge in [0.2, 0.25) is 10.0 Å². The summed E-state index contributed by atoms with van der Waals surface area (Å²) in [7, 11) is -1.78. The second-order valence-electron chi connectivity index (χ2n) is 5.09. The molecule has 7 nitrogen and oxygen atoms in total. The summed E-state index contributed by atoms with van der Waals surface area (Å²) in [4.78, 5) is 0.220. The number of nitrogens with zero attached hydrogens (tertiary/aromatic N) is 4. The highest BCUT2D eigenvalue weighted by Crippen LogP contribution is 2.20. The zero-order valence-corrected chi connectivity index (χ0v) is 13.8. The molecule has 2 heterocycles. The minimum atomic E-state index is -3.61. The number of hydrogen-bond acceptors (Lipinski definition) is 4. The van der Waals surface area contributed by atoms with Gasteiger partial charge < -0.3 is 0 Å². The molecule has 1 N–H and O–H groups in total. The van der Waals surface area contributed by atoms with E-state index in [0.29, 0.717) is 12.2 Å². The van der Waals surface area contributed by atoms with Crippen molar-refractivity contribution in [3.05, 3.63) is 29.3 Å². The molecule has 1 atom stereocenters. The van der Waals surface area contributed by atoms with Crippen LogP contribution in [0.15, 0.2) is 17.3 Å². The second-order valence-corrected chi connectivity index (χ2v) is 6.77. The van der Waals surface area contributed by atoms with Crippen molar-refractivity contribution < 1.29 is 8.42 Å². The topological polar surface area (TPSA) is 81.8 Å². The van der Waals surface area contributed by atoms with Crippen LogP contribution in [0.4, 0.5) is 0 Å². The molecule has 0 aliphatic rings. The maximum absolute atomic E-state index is 12.5. The van der Waals surface area contributed by atoms with E-state index in [9.17, 15) is 8.42 Å². The Balaban J connectivity index is 2.28. The quantitative estimate of drug-likeness (QED) is 0.902. The summed E-state index contributed by atoms with van der Waals surface area (Å²) in [6.45, 7) is 7.96. The number of nitrogens with one attached hydrogen (secondary N) is 1. The molecule has 0 aliphatic heterocycles. The van der Waals surface area contributed by atoms with Crippen molar-refractivity contribution in [1.29, 1.82) is 0 Å². The molecule has 116 valence electrons. The lowest BCUT2D eigenvalue weighted by atomic mass is 10.1. The van der Waals surface area contributed by atoms with E-state index >= 15 is 0 Å². The van der Waals surface area contributed by atoms with Gasteiger partial charge >= 0.3 is 0 Å². The van der Waals surface area contributed by atoms with E-state index in [0.717, 1.165) is 11.3 Å². The zero-order chi connectivity index (χ0) is 15.8. The van der Waals surface area contributed by atoms with Gasteiger partial charge in [0.25, 0.3) is 0 Å². The number of aryl methyl sites for hydroxylation is 3. The van der Waals surface area contributed by atoms with Crippen LogP contribution in [0.3, 0.4) is 0 Å². The van der Waals surface area contributed by atoms with Gasteiger partial charge in [0.15, 0.2) is 0 Å². The van der Waals surface area contributed by atoms with Gasteiger partial charge in [0, 0.05) is 37.1 Å². The van der Waals surface area contributed by atoms with Crippen LogP contribution in [-0.4, -0.2) is 28.0 Å². The Morgan fingerprint density at radius 2 is 2.05 bits per heavy atom. The fourth-order valence-corrected chi connectivity index (χ4v) is 3.64. The van der Waals surface area contributed by atoms with E-state index in [-0.39, 0.29) is 10.9 Å². The number of aromatic nitrogens is 4. The molecule has 8 heteroatoms. The molecule has 0 saturated heterocycles. The first-order valence-corrected chi connectivity index (χ1v) is 8.29. The van der Waals surface area contributed by atoms with Crippen LogP contribution in [0.2, 0.25) is 0 Å². The van der Waals surface area contributed by atoms with Crippen molar-refractivity contribution in [3.8, 4) is 0 Å². The van der Waals surface area contributed by atoms with Crippen LogP contribution in [-0.2, 0) is 23.6 Å². The van der Waals surface area contributed by atoms with E-state index in [1.54, 1.807) is 35.6 Å². The van der Waals surface area contributed by atoms with Gasteiger partial charge in [-0.05, 0) is 27.7 Å². The van der Waals surface area contributed by atoms with E-state index < -0.39 is 10.0 Å². The highest BCUT2D eigenvalue weighted by Gasteiger charge is 2.24. The third-order valence-corrected chi connectivity index (χ3v) is 5.23. The van der Waals surface area contributed by atoms with Gasteiger partial charge in [-0.25, -0.2) is 13.1 Å². The predicted octanol–water partition coefficient (Wildman–Crippen LogP) is 1.29. The highest BCUT2D eigenvalue weighted by atomic mass is 32.2. The normalized spacial score (nSPS) is 13.6. The number of sulfonamides is 1. The summed E-state index contributed by atoms with van der Waals surface area (Å²) in [5, 5.41) is 8.32. The van der Waals surface area contributed by atoms with Crippen LogP contribution >= 0.6 is 0 Å². The first-order chi connectivity index (χ1) is 9.76. The van der Waals surface area contributed by atoms with Crippen LogP contribution in [0.1, 0.15) is 36.8 Å². The fraction of sp³-hybridized carbons (Fsp3) is 0.538. The molecule has 2 aromatic heterocycles. The average Bonchev–Trinajstić information content (AvgIpc) is 2.94. The molecule has 0 aliphatic carbocycles. The predicted molar refractivity (Wildman–Crippen MR) is 79.3 cm³/mol. The minimum Gasteiger partial charge on any atom is -0.273 e. The van der Waals surface area contributed by atoms with Crippen molar-refractivity contribution in [2.45, 2.75) is 45.2 Å². The van der Waals surface area contributed by atoms with Gasteiger partial charge in [0.05, 0.1) is 11.9 Å². The Bertz CT molecular complexity index is 745. The molecule has 0 bridgehead atoms. The van der Waals surface area contributed by atoms with Crippen LogP contribution < -0.4 is 4.72 Å². The largest absolute Gasteiger partial charge is 0.273 e. The van der Waals surface area contributed by atoms with Gasteiger partial charge in [-0.3, -0.25) is 9.36 Å². The van der Waals surface area contributed by atoms with Crippen molar-refractivity contribution >= 4 is 10.0 Å². The van der Waals surface area contributed by atoms with Gasteiger partial charge in [-0.2, -0.15) is 10.2 Å². The minimum absolute atomic E-state index is 0.220. The van der Waals surface area contributed by atoms with E-state index in [2.05, 4.69) is 14.9 Å². The molecule has 0 saturated carbocycles. The molecule has 0 fully saturated rings. The van der Waals surface area contributed by atoms with Crippen molar-refractivity contribution in [2.75, 3.05) is 0 Å². The molecule has 0 aromatic carbocycles. The molecule has 0 amide bonds. The summed E-state index contributed by atoms with van der Waals surface area (Å²) in [5.74, 6) is 0. The molecule has 0 radical (unpaired) electrons. The summed E-state index contributed by atoms with van der Waals surface area (Å²) in [6, 6.07) is -0.354. The summed E-state index contributed by atoms with van der Waals surface area (Å²) >= 11 is 0. The number of hydrogen-bond donors (Lipinski definition) is 1. The van der Waals surface area contributed by atoms with Crippen molar-refractivity contribution in [2.24, 2.45) is 7.05 Å². The third-order valence-electron chi connectivity index (χ3n) is 3.59. The molecule has 2 aromatic rings. The third kappa shape index (κ3) is 3.01. The summed E-state index contributed by atoms with van der Waals surface area (Å²) in [6.07, 6.45) is 3.24. The summed E-state index contributed by atoms with van der Waals surface area (Å²) in [5.41, 5.74) is 2.30. The van der Waals surface area contributed by atoms with Crippen LogP contribution in [0, 0.1) is 13.8 Å². The SMILES string of the molecule is CCn1cc(S(=O)(=O)NC(C)c2cnn(C)c2C)c(C)n1. The zero-order valence-electron chi connectivity index (χ0n) is 13.0. The van der Waals surface area contributed by atoms with Gasteiger partial charge in [0.1, 0.15) is 4.90 Å². The first kappa shape index (κ1) is 15.7. The molecular weight excluding hydrogens is 290 g/mol. The highest BCUT2D eigenvalue weighted by molar-refractivity contribution is 7.89. The molecular formula is C13H21N5O2S. The maximum Gasteiger partial charge on any atom is 0.244 e. The van der Waals surface area contributed by atoms with Crippen molar-refractivity contribution in [3.63, 3.8) is 0 Å². The molecule has 1 unspecified atom stereocenters. The van der Waals surface area contributed by atoms with Gasteiger partial charge in [-0.1, -0.05) is 0 Å². The van der Waals surface area contributed by atoms with Crippen LogP contribution in [0.5, 0.6) is 0 Å². The van der Waals surface area contributed by atoms with Crippen LogP contribution in [0.25, 0.3) is 0 Å². The van der Waals surface area contributed by atoms with E-state index in [1.165, 1.54) is 0 Å². The lowest BCUT2D eigenvalue weighted by molar-refractivity contribution is 0.565. The van der Waals surface area contributed by atoms with Crippen molar-refractivity contribution in [1.82, 2.24) is 24.3 Å². The molecule has 2 rings (SSSR count). The Morgan fingerprint density at radius 1 is 1.38 bits per heavy atom. The van der Waals surface area contributed by atoms with Gasteiger partial charge in [-0.15, -0.1) is 0 Å². The Hall–Kier alpha value is -1.67. The Labute approximate surface area is 125 Å². The first-order valence-electron chi connectivity index (χ1n) is 6.81. The lowest BCUT2D eigenvalue weighted by Crippen LogP contribution is -2.27. The fourth-order valence-electron chi connectivity index (χ4n) is 2.23. The Morgan fingerprint density at radius 3 is 2.52 bits per heavy atom. The smallest absolute Gasteiger partial charge is 0.244 e.